The maximum Gasteiger partial charge on any atom is 0.410 e. The van der Waals surface area contributed by atoms with Crippen molar-refractivity contribution in [2.45, 2.75) is 57.6 Å². The summed E-state index contributed by atoms with van der Waals surface area (Å²) in [6.07, 6.45) is 3.49. The lowest BCUT2D eigenvalue weighted by molar-refractivity contribution is -0.120. The van der Waals surface area contributed by atoms with Crippen molar-refractivity contribution in [1.82, 2.24) is 9.80 Å². The van der Waals surface area contributed by atoms with Crippen molar-refractivity contribution < 1.29 is 27.8 Å². The Morgan fingerprint density at radius 3 is 2.36 bits per heavy atom. The van der Waals surface area contributed by atoms with Gasteiger partial charge in [0.1, 0.15) is 18.2 Å². The second-order valence-electron chi connectivity index (χ2n) is 11.8. The van der Waals surface area contributed by atoms with Gasteiger partial charge in [-0.25, -0.2) is 13.6 Å². The zero-order valence-corrected chi connectivity index (χ0v) is 26.0. The van der Waals surface area contributed by atoms with E-state index < -0.39 is 5.82 Å². The predicted molar refractivity (Wildman–Crippen MR) is 170 cm³/mol. The average Bonchev–Trinajstić information content (AvgIpc) is 3.24. The Labute approximate surface area is 264 Å². The quantitative estimate of drug-likeness (QED) is 0.222. The monoisotopic (exact) mass is 619 g/mol. The fraction of sp³-hybridized carbons (Fsp3) is 0.444. The van der Waals surface area contributed by atoms with Gasteiger partial charge in [0.05, 0.1) is 18.8 Å². The first-order chi connectivity index (χ1) is 21.9. The molecule has 45 heavy (non-hydrogen) atoms. The summed E-state index contributed by atoms with van der Waals surface area (Å²) < 4.78 is 39.5. The normalized spacial score (nSPS) is 17.4. The zero-order valence-electron chi connectivity index (χ0n) is 26.0. The molecule has 240 valence electrons. The number of anilines is 1. The highest BCUT2D eigenvalue weighted by Crippen LogP contribution is 2.39. The smallest absolute Gasteiger partial charge is 0.410 e. The van der Waals surface area contributed by atoms with Gasteiger partial charge >= 0.3 is 6.09 Å². The van der Waals surface area contributed by atoms with E-state index >= 15 is 0 Å². The Bertz CT molecular complexity index is 1400. The van der Waals surface area contributed by atoms with Gasteiger partial charge in [-0.05, 0) is 73.1 Å². The second-order valence-corrected chi connectivity index (χ2v) is 11.8. The van der Waals surface area contributed by atoms with Gasteiger partial charge in [-0.3, -0.25) is 9.69 Å². The Balaban J connectivity index is 1.21. The highest BCUT2D eigenvalue weighted by molar-refractivity contribution is 5.96. The number of ether oxygens (including phenoxy) is 2. The van der Waals surface area contributed by atoms with E-state index in [4.69, 9.17) is 9.47 Å². The SMILES string of the molecule is CCCOCCN(C(=O)OCc1ccccc1)C1CCN(CC(=O)N2CCCC(c3ccc(F)cc3)c3ccc(F)cc32)CC1. The molecule has 0 aromatic heterocycles. The summed E-state index contributed by atoms with van der Waals surface area (Å²) in [6, 6.07) is 20.7. The summed E-state index contributed by atoms with van der Waals surface area (Å²) in [5, 5.41) is 0. The van der Waals surface area contributed by atoms with Crippen LogP contribution < -0.4 is 4.90 Å². The first kappa shape index (κ1) is 32.6. The van der Waals surface area contributed by atoms with E-state index in [1.807, 2.05) is 37.3 Å². The molecule has 1 atom stereocenters. The van der Waals surface area contributed by atoms with Crippen LogP contribution in [0.25, 0.3) is 0 Å². The topological polar surface area (TPSA) is 62.3 Å². The summed E-state index contributed by atoms with van der Waals surface area (Å²) in [7, 11) is 0. The number of fused-ring (bicyclic) bond motifs is 1. The van der Waals surface area contributed by atoms with Crippen LogP contribution in [-0.4, -0.2) is 73.8 Å². The van der Waals surface area contributed by atoms with E-state index in [1.54, 1.807) is 28.0 Å². The number of carbonyl (C=O) groups excluding carboxylic acids is 2. The highest BCUT2D eigenvalue weighted by Gasteiger charge is 2.32. The molecule has 0 N–H and O–H groups in total. The van der Waals surface area contributed by atoms with Crippen molar-refractivity contribution in [3.8, 4) is 0 Å². The van der Waals surface area contributed by atoms with E-state index in [1.165, 1.54) is 24.3 Å². The minimum atomic E-state index is -0.394. The second kappa shape index (κ2) is 16.0. The van der Waals surface area contributed by atoms with Crippen molar-refractivity contribution in [3.05, 3.63) is 101 Å². The van der Waals surface area contributed by atoms with E-state index in [0.717, 1.165) is 36.0 Å². The van der Waals surface area contributed by atoms with Crippen LogP contribution in [0, 0.1) is 11.6 Å². The van der Waals surface area contributed by atoms with E-state index in [0.29, 0.717) is 57.9 Å². The lowest BCUT2D eigenvalue weighted by atomic mass is 9.87. The van der Waals surface area contributed by atoms with Crippen molar-refractivity contribution in [1.29, 1.82) is 0 Å². The molecular formula is C36H43F2N3O4. The zero-order chi connectivity index (χ0) is 31.6. The number of nitrogens with zero attached hydrogens (tertiary/aromatic N) is 3. The van der Waals surface area contributed by atoms with Crippen LogP contribution in [0.15, 0.2) is 72.8 Å². The molecule has 2 amide bonds. The van der Waals surface area contributed by atoms with Crippen LogP contribution in [0.3, 0.4) is 0 Å². The van der Waals surface area contributed by atoms with Crippen LogP contribution >= 0.6 is 0 Å². The van der Waals surface area contributed by atoms with Gasteiger partial charge in [0.2, 0.25) is 5.91 Å². The molecule has 2 aliphatic rings. The molecule has 3 aromatic rings. The molecule has 9 heteroatoms. The predicted octanol–water partition coefficient (Wildman–Crippen LogP) is 6.75. The standard InChI is InChI=1S/C36H43F2N3O4/c1-2-22-44-23-21-40(36(43)45-26-27-7-4-3-5-8-27)31-16-19-39(20-17-31)25-35(42)41-18-6-9-32(28-10-12-29(37)13-11-28)33-15-14-30(38)24-34(33)41/h3-5,7-8,10-15,24,31-32H,2,6,9,16-23,25-26H2,1H3. The number of piperidine rings is 1. The number of rotatable bonds is 11. The Morgan fingerprint density at radius 1 is 0.889 bits per heavy atom. The average molecular weight is 620 g/mol. The number of likely N-dealkylation sites (tertiary alicyclic amines) is 1. The number of carbonyl (C=O) groups is 2. The molecule has 0 saturated carbocycles. The molecule has 1 saturated heterocycles. The fourth-order valence-electron chi connectivity index (χ4n) is 6.38. The van der Waals surface area contributed by atoms with Crippen molar-refractivity contribution in [2.24, 2.45) is 0 Å². The van der Waals surface area contributed by atoms with Crippen molar-refractivity contribution in [2.75, 3.05) is 50.8 Å². The minimum absolute atomic E-state index is 0.0191. The number of hydrogen-bond donors (Lipinski definition) is 0. The molecule has 5 rings (SSSR count). The van der Waals surface area contributed by atoms with E-state index in [-0.39, 0.29) is 42.9 Å². The van der Waals surface area contributed by atoms with Gasteiger partial charge in [-0.1, -0.05) is 55.5 Å². The molecule has 0 spiro atoms. The summed E-state index contributed by atoms with van der Waals surface area (Å²) in [6.45, 7) is 5.78. The van der Waals surface area contributed by atoms with E-state index in [2.05, 4.69) is 4.90 Å². The summed E-state index contributed by atoms with van der Waals surface area (Å²) in [5.41, 5.74) is 3.34. The Morgan fingerprint density at radius 2 is 1.62 bits per heavy atom. The lowest BCUT2D eigenvalue weighted by Gasteiger charge is -2.38. The van der Waals surface area contributed by atoms with Gasteiger partial charge < -0.3 is 19.3 Å². The maximum atomic E-state index is 14.5. The molecule has 1 unspecified atom stereocenters. The van der Waals surface area contributed by atoms with Crippen LogP contribution in [-0.2, 0) is 20.9 Å². The third-order valence-electron chi connectivity index (χ3n) is 8.73. The highest BCUT2D eigenvalue weighted by atomic mass is 19.1. The molecule has 7 nitrogen and oxygen atoms in total. The Kier molecular flexibility index (Phi) is 11.5. The van der Waals surface area contributed by atoms with Crippen LogP contribution in [0.2, 0.25) is 0 Å². The Hall–Kier alpha value is -3.82. The minimum Gasteiger partial charge on any atom is -0.445 e. The third kappa shape index (κ3) is 8.67. The molecule has 1 fully saturated rings. The van der Waals surface area contributed by atoms with Gasteiger partial charge in [-0.2, -0.15) is 0 Å². The molecular weight excluding hydrogens is 576 g/mol. The fourth-order valence-corrected chi connectivity index (χ4v) is 6.38. The molecule has 2 aliphatic heterocycles. The van der Waals surface area contributed by atoms with E-state index in [9.17, 15) is 18.4 Å². The molecule has 2 heterocycles. The van der Waals surface area contributed by atoms with Gasteiger partial charge in [0.15, 0.2) is 0 Å². The number of benzene rings is 3. The van der Waals surface area contributed by atoms with Gasteiger partial charge in [0.25, 0.3) is 0 Å². The first-order valence-electron chi connectivity index (χ1n) is 16.1. The lowest BCUT2D eigenvalue weighted by Crippen LogP contribution is -2.50. The summed E-state index contributed by atoms with van der Waals surface area (Å²) in [4.78, 5) is 32.5. The molecule has 0 radical (unpaired) electrons. The maximum absolute atomic E-state index is 14.5. The third-order valence-corrected chi connectivity index (χ3v) is 8.73. The van der Waals surface area contributed by atoms with Crippen molar-refractivity contribution >= 4 is 17.7 Å². The van der Waals surface area contributed by atoms with Crippen LogP contribution in [0.4, 0.5) is 19.3 Å². The van der Waals surface area contributed by atoms with Crippen LogP contribution in [0.1, 0.15) is 61.6 Å². The first-order valence-corrected chi connectivity index (χ1v) is 16.1. The van der Waals surface area contributed by atoms with Gasteiger partial charge in [-0.15, -0.1) is 0 Å². The molecule has 0 aliphatic carbocycles. The summed E-state index contributed by atoms with van der Waals surface area (Å²) >= 11 is 0. The summed E-state index contributed by atoms with van der Waals surface area (Å²) in [5.74, 6) is -0.825. The molecule has 0 bridgehead atoms. The van der Waals surface area contributed by atoms with Crippen molar-refractivity contribution in [3.63, 3.8) is 0 Å². The number of halogens is 2. The number of amides is 2. The van der Waals surface area contributed by atoms with Crippen LogP contribution in [0.5, 0.6) is 0 Å². The molecule has 3 aromatic carbocycles. The largest absolute Gasteiger partial charge is 0.445 e. The number of hydrogen-bond acceptors (Lipinski definition) is 5. The van der Waals surface area contributed by atoms with Gasteiger partial charge in [0, 0.05) is 44.7 Å².